The van der Waals surface area contributed by atoms with Crippen LogP contribution in [0.5, 0.6) is 0 Å². The molecule has 0 atom stereocenters. The van der Waals surface area contributed by atoms with Crippen molar-refractivity contribution in [2.75, 3.05) is 11.6 Å². The molecule has 0 spiro atoms. The molecule has 3 aromatic rings. The predicted octanol–water partition coefficient (Wildman–Crippen LogP) is 3.11. The Kier molecular flexibility index (Phi) is 5.42. The Balaban J connectivity index is 2.09. The summed E-state index contributed by atoms with van der Waals surface area (Å²) in [6, 6.07) is 11.3. The van der Waals surface area contributed by atoms with Crippen LogP contribution in [0.1, 0.15) is 21.6 Å². The van der Waals surface area contributed by atoms with Crippen molar-refractivity contribution in [3.05, 3.63) is 65.5 Å². The van der Waals surface area contributed by atoms with Crippen LogP contribution in [-0.2, 0) is 22.6 Å². The molecule has 0 amide bonds. The molecular formula is C18H15F3N4O3S. The summed E-state index contributed by atoms with van der Waals surface area (Å²) < 4.78 is 64.1. The van der Waals surface area contributed by atoms with Gasteiger partial charge in [0, 0.05) is 19.0 Å². The van der Waals surface area contributed by atoms with E-state index in [1.54, 1.807) is 30.3 Å². The van der Waals surface area contributed by atoms with Crippen LogP contribution >= 0.6 is 0 Å². The first-order valence-electron chi connectivity index (χ1n) is 8.21. The number of aldehydes is 1. The number of sulfone groups is 1. The van der Waals surface area contributed by atoms with Crippen molar-refractivity contribution in [1.29, 1.82) is 0 Å². The molecular weight excluding hydrogens is 409 g/mol. The van der Waals surface area contributed by atoms with Crippen LogP contribution in [0.15, 0.2) is 53.6 Å². The number of aromatic nitrogens is 3. The number of nitrogens with zero attached hydrogens (tertiary/aromatic N) is 3. The lowest BCUT2D eigenvalue weighted by Crippen LogP contribution is -2.10. The smallest absolute Gasteiger partial charge is 0.365 e. The zero-order valence-electron chi connectivity index (χ0n) is 15.0. The fourth-order valence-corrected chi connectivity index (χ4v) is 3.15. The average Bonchev–Trinajstić information content (AvgIpc) is 3.05. The van der Waals surface area contributed by atoms with E-state index in [2.05, 4.69) is 15.4 Å². The van der Waals surface area contributed by atoms with Crippen molar-refractivity contribution in [3.63, 3.8) is 0 Å². The number of hydrogen-bond donors (Lipinski definition) is 1. The van der Waals surface area contributed by atoms with Crippen LogP contribution in [0.25, 0.3) is 5.82 Å². The summed E-state index contributed by atoms with van der Waals surface area (Å²) >= 11 is 0. The van der Waals surface area contributed by atoms with Crippen LogP contribution in [0.4, 0.5) is 19.0 Å². The number of rotatable bonds is 6. The van der Waals surface area contributed by atoms with Crippen LogP contribution < -0.4 is 5.32 Å². The number of benzene rings is 1. The maximum absolute atomic E-state index is 13.4. The molecule has 0 radical (unpaired) electrons. The summed E-state index contributed by atoms with van der Waals surface area (Å²) in [6.07, 6.45) is -2.79. The molecule has 1 aromatic carbocycles. The standard InChI is InChI=1S/C18H15F3N4O3S/c1-29(27,28)13-7-8-15(22-10-13)25-17(23-9-12-5-3-2-4-6-12)14(11-26)16(24-25)18(19,20)21/h2-8,10-11,23H,9H2,1H3. The van der Waals surface area contributed by atoms with E-state index in [9.17, 15) is 26.4 Å². The van der Waals surface area contributed by atoms with Gasteiger partial charge in [0.25, 0.3) is 0 Å². The highest BCUT2D eigenvalue weighted by Gasteiger charge is 2.39. The summed E-state index contributed by atoms with van der Waals surface area (Å²) in [5.41, 5.74) is -1.26. The van der Waals surface area contributed by atoms with Gasteiger partial charge >= 0.3 is 6.18 Å². The first kappa shape index (κ1) is 20.5. The van der Waals surface area contributed by atoms with Gasteiger partial charge in [0.1, 0.15) is 5.82 Å². The highest BCUT2D eigenvalue weighted by molar-refractivity contribution is 7.90. The molecule has 2 heterocycles. The van der Waals surface area contributed by atoms with Crippen molar-refractivity contribution in [2.24, 2.45) is 0 Å². The second-order valence-corrected chi connectivity index (χ2v) is 8.12. The average molecular weight is 424 g/mol. The summed E-state index contributed by atoms with van der Waals surface area (Å²) in [5.74, 6) is -0.276. The number of hydrogen-bond acceptors (Lipinski definition) is 6. The monoisotopic (exact) mass is 424 g/mol. The van der Waals surface area contributed by atoms with E-state index < -0.39 is 27.3 Å². The Morgan fingerprint density at radius 3 is 2.34 bits per heavy atom. The topological polar surface area (TPSA) is 94.0 Å². The highest BCUT2D eigenvalue weighted by atomic mass is 32.2. The maximum Gasteiger partial charge on any atom is 0.435 e. The number of halogens is 3. The zero-order valence-corrected chi connectivity index (χ0v) is 15.8. The quantitative estimate of drug-likeness (QED) is 0.611. The van der Waals surface area contributed by atoms with E-state index in [4.69, 9.17) is 0 Å². The number of carbonyl (C=O) groups excluding carboxylic acids is 1. The number of pyridine rings is 1. The third-order valence-corrected chi connectivity index (χ3v) is 5.07. The van der Waals surface area contributed by atoms with Gasteiger partial charge in [-0.25, -0.2) is 13.4 Å². The molecule has 2 aromatic heterocycles. The molecule has 0 aliphatic carbocycles. The molecule has 0 saturated heterocycles. The first-order chi connectivity index (χ1) is 13.6. The largest absolute Gasteiger partial charge is 0.435 e. The molecule has 11 heteroatoms. The lowest BCUT2D eigenvalue weighted by molar-refractivity contribution is -0.141. The van der Waals surface area contributed by atoms with Crippen LogP contribution in [0.2, 0.25) is 0 Å². The Morgan fingerprint density at radius 2 is 1.83 bits per heavy atom. The van der Waals surface area contributed by atoms with Gasteiger partial charge in [-0.2, -0.15) is 23.0 Å². The lowest BCUT2D eigenvalue weighted by atomic mass is 10.2. The van der Waals surface area contributed by atoms with Gasteiger partial charge in [-0.3, -0.25) is 4.79 Å². The van der Waals surface area contributed by atoms with Crippen LogP contribution in [0, 0.1) is 0 Å². The molecule has 0 saturated carbocycles. The third kappa shape index (κ3) is 4.45. The minimum Gasteiger partial charge on any atom is -0.365 e. The van der Waals surface area contributed by atoms with E-state index in [1.807, 2.05) is 0 Å². The predicted molar refractivity (Wildman–Crippen MR) is 98.6 cm³/mol. The van der Waals surface area contributed by atoms with Crippen molar-refractivity contribution in [2.45, 2.75) is 17.6 Å². The number of alkyl halides is 3. The van der Waals surface area contributed by atoms with Gasteiger partial charge in [-0.1, -0.05) is 30.3 Å². The van der Waals surface area contributed by atoms with Crippen LogP contribution in [0.3, 0.4) is 0 Å². The minimum atomic E-state index is -4.86. The molecule has 3 rings (SSSR count). The van der Waals surface area contributed by atoms with Crippen molar-refractivity contribution in [3.8, 4) is 5.82 Å². The van der Waals surface area contributed by atoms with Gasteiger partial charge in [0.2, 0.25) is 0 Å². The SMILES string of the molecule is CS(=O)(=O)c1ccc(-n2nc(C(F)(F)F)c(C=O)c2NCc2ccccc2)nc1. The van der Waals surface area contributed by atoms with E-state index in [0.29, 0.717) is 0 Å². The van der Waals surface area contributed by atoms with E-state index >= 15 is 0 Å². The molecule has 0 fully saturated rings. The Hall–Kier alpha value is -3.21. The summed E-state index contributed by atoms with van der Waals surface area (Å²) in [4.78, 5) is 15.2. The van der Waals surface area contributed by atoms with Crippen molar-refractivity contribution in [1.82, 2.24) is 14.8 Å². The lowest BCUT2D eigenvalue weighted by Gasteiger charge is -2.10. The number of nitrogens with one attached hydrogen (secondary N) is 1. The van der Waals surface area contributed by atoms with Gasteiger partial charge in [-0.05, 0) is 17.7 Å². The second kappa shape index (κ2) is 7.66. The molecule has 7 nitrogen and oxygen atoms in total. The molecule has 1 N–H and O–H groups in total. The Labute approximate surface area is 164 Å². The van der Waals surface area contributed by atoms with Crippen LogP contribution in [-0.4, -0.2) is 35.7 Å². The molecule has 29 heavy (non-hydrogen) atoms. The maximum atomic E-state index is 13.4. The molecule has 152 valence electrons. The summed E-state index contributed by atoms with van der Waals surface area (Å²) in [5, 5.41) is 6.31. The fraction of sp³-hybridized carbons (Fsp3) is 0.167. The normalized spacial score (nSPS) is 12.0. The van der Waals surface area contributed by atoms with E-state index in [1.165, 1.54) is 12.1 Å². The van der Waals surface area contributed by atoms with Gasteiger partial charge in [0.15, 0.2) is 27.6 Å². The highest BCUT2D eigenvalue weighted by Crippen LogP contribution is 2.35. The van der Waals surface area contributed by atoms with E-state index in [0.717, 1.165) is 22.7 Å². The zero-order chi connectivity index (χ0) is 21.2. The third-order valence-electron chi connectivity index (χ3n) is 3.98. The molecule has 0 aliphatic rings. The van der Waals surface area contributed by atoms with E-state index in [-0.39, 0.29) is 29.4 Å². The first-order valence-corrected chi connectivity index (χ1v) is 10.1. The van der Waals surface area contributed by atoms with Gasteiger partial charge in [-0.15, -0.1) is 0 Å². The molecule has 0 aliphatic heterocycles. The Bertz CT molecular complexity index is 1130. The number of anilines is 1. The molecule has 0 unspecified atom stereocenters. The second-order valence-electron chi connectivity index (χ2n) is 6.10. The molecule has 0 bridgehead atoms. The fourth-order valence-electron chi connectivity index (χ4n) is 2.59. The Morgan fingerprint density at radius 1 is 1.14 bits per heavy atom. The minimum absolute atomic E-state index is 0.0739. The van der Waals surface area contributed by atoms with Crippen molar-refractivity contribution < 1.29 is 26.4 Å². The van der Waals surface area contributed by atoms with Gasteiger partial charge in [0.05, 0.1) is 10.5 Å². The van der Waals surface area contributed by atoms with Gasteiger partial charge < -0.3 is 5.32 Å². The van der Waals surface area contributed by atoms with Crippen molar-refractivity contribution >= 4 is 21.9 Å². The number of carbonyl (C=O) groups is 1. The summed E-state index contributed by atoms with van der Waals surface area (Å²) in [7, 11) is -3.53. The summed E-state index contributed by atoms with van der Waals surface area (Å²) in [6.45, 7) is 0.131.